The van der Waals surface area contributed by atoms with Crippen LogP contribution in [-0.4, -0.2) is 64.3 Å². The number of benzene rings is 1. The molecule has 0 heterocycles. The van der Waals surface area contributed by atoms with Crippen molar-refractivity contribution >= 4 is 20.2 Å². The molecule has 0 aliphatic heterocycles. The van der Waals surface area contributed by atoms with E-state index in [4.69, 9.17) is 18.8 Å². The highest BCUT2D eigenvalue weighted by Gasteiger charge is 2.83. The van der Waals surface area contributed by atoms with Crippen LogP contribution in [0.2, 0.25) is 0 Å². The van der Waals surface area contributed by atoms with Crippen molar-refractivity contribution in [2.24, 2.45) is 0 Å². The molecule has 18 heteroatoms. The van der Waals surface area contributed by atoms with Gasteiger partial charge in [0.2, 0.25) is 0 Å². The summed E-state index contributed by atoms with van der Waals surface area (Å²) in [7, 11) is -11.1. The molecule has 2 N–H and O–H groups in total. The summed E-state index contributed by atoms with van der Waals surface area (Å²) in [6.07, 6.45) is 0. The van der Waals surface area contributed by atoms with Gasteiger partial charge in [-0.15, -0.1) is 0 Å². The van der Waals surface area contributed by atoms with Gasteiger partial charge in [-0.05, 0) is 6.07 Å². The first-order chi connectivity index (χ1) is 14.8. The number of aromatic hydroxyl groups is 1. The number of alkyl halides is 6. The summed E-state index contributed by atoms with van der Waals surface area (Å²) < 4.78 is 154. The van der Waals surface area contributed by atoms with Gasteiger partial charge in [-0.3, -0.25) is 4.55 Å². The number of hydrogen-bond donors (Lipinski definition) is 2. The van der Waals surface area contributed by atoms with E-state index in [9.17, 15) is 48.3 Å². The molecular weight excluding hydrogens is 518 g/mol. The second-order valence-corrected chi connectivity index (χ2v) is 9.32. The average Bonchev–Trinajstić information content (AvgIpc) is 2.67. The summed E-state index contributed by atoms with van der Waals surface area (Å²) in [5.74, 6) is -9.27. The van der Waals surface area contributed by atoms with E-state index in [0.717, 1.165) is 20.3 Å². The Kier molecular flexibility index (Phi) is 8.65. The molecule has 10 nitrogen and oxygen atoms in total. The predicted octanol–water partition coefficient (Wildman–Crippen LogP) is 2.25. The van der Waals surface area contributed by atoms with Gasteiger partial charge in [-0.25, -0.2) is 0 Å². The summed E-state index contributed by atoms with van der Waals surface area (Å²) in [6.45, 7) is -1.70. The minimum absolute atomic E-state index is 0.0728. The van der Waals surface area contributed by atoms with E-state index in [1.807, 2.05) is 0 Å². The van der Waals surface area contributed by atoms with Crippen molar-refractivity contribution in [1.29, 1.82) is 0 Å². The zero-order chi connectivity index (χ0) is 26.0. The minimum Gasteiger partial charge on any atom is -0.507 e. The van der Waals surface area contributed by atoms with Crippen LogP contribution in [0.15, 0.2) is 6.07 Å². The van der Waals surface area contributed by atoms with Crippen molar-refractivity contribution in [1.82, 2.24) is 0 Å². The third-order valence-corrected chi connectivity index (χ3v) is 6.13. The molecule has 0 spiro atoms. The number of phenolic OH excluding ortho intramolecular Hbond substituents is 1. The molecule has 33 heavy (non-hydrogen) atoms. The van der Waals surface area contributed by atoms with Crippen molar-refractivity contribution in [3.05, 3.63) is 22.8 Å². The first-order valence-electron chi connectivity index (χ1n) is 8.21. The van der Waals surface area contributed by atoms with Gasteiger partial charge in [0.1, 0.15) is 5.75 Å². The third kappa shape index (κ3) is 5.14. The lowest BCUT2D eigenvalue weighted by molar-refractivity contribution is -0.247. The lowest BCUT2D eigenvalue weighted by atomic mass is 10.0. The molecule has 1 aromatic rings. The van der Waals surface area contributed by atoms with Crippen LogP contribution in [0.4, 0.5) is 26.3 Å². The highest BCUT2D eigenvalue weighted by Crippen LogP contribution is 2.51. The lowest BCUT2D eigenvalue weighted by Gasteiger charge is -2.30. The Balaban J connectivity index is 3.78. The second kappa shape index (κ2) is 9.79. The minimum atomic E-state index is -7.21. The molecule has 192 valence electrons. The molecule has 1 rings (SSSR count). The molecule has 0 aliphatic rings. The van der Waals surface area contributed by atoms with Gasteiger partial charge in [0.05, 0.1) is 25.4 Å². The van der Waals surface area contributed by atoms with Crippen LogP contribution in [0.25, 0.3) is 0 Å². The van der Waals surface area contributed by atoms with Crippen molar-refractivity contribution in [2.45, 2.75) is 36.3 Å². The van der Waals surface area contributed by atoms with Crippen molar-refractivity contribution < 1.29 is 71.2 Å². The number of ether oxygens (including phenoxy) is 3. The predicted molar refractivity (Wildman–Crippen MR) is 96.2 cm³/mol. The van der Waals surface area contributed by atoms with Crippen LogP contribution >= 0.6 is 0 Å². The van der Waals surface area contributed by atoms with Gasteiger partial charge in [0.25, 0.3) is 0 Å². The summed E-state index contributed by atoms with van der Waals surface area (Å²) in [5, 5.41) is -3.57. The molecule has 1 aromatic carbocycles. The van der Waals surface area contributed by atoms with Gasteiger partial charge < -0.3 is 23.5 Å². The third-order valence-electron chi connectivity index (χ3n) is 3.95. The van der Waals surface area contributed by atoms with E-state index in [1.165, 1.54) is 7.11 Å². The van der Waals surface area contributed by atoms with E-state index >= 15 is 0 Å². The molecule has 0 amide bonds. The van der Waals surface area contributed by atoms with Gasteiger partial charge in [-0.1, -0.05) is 0 Å². The topological polar surface area (TPSA) is 146 Å². The maximum absolute atomic E-state index is 14.2. The first kappa shape index (κ1) is 29.2. The second-order valence-electron chi connectivity index (χ2n) is 6.27. The monoisotopic (exact) mass is 536 g/mol. The highest BCUT2D eigenvalue weighted by atomic mass is 32.2. The number of hydrogen-bond acceptors (Lipinski definition) is 9. The molecule has 0 fully saturated rings. The molecule has 0 radical (unpaired) electrons. The Morgan fingerprint density at radius 2 is 1.27 bits per heavy atom. The number of halogens is 6. The molecule has 0 aliphatic carbocycles. The Morgan fingerprint density at radius 3 is 1.70 bits per heavy atom. The SMILES string of the molecule is COCc1cc(COC)c(OS(=O)(=O)C(F)(F)C(F)(F)C(F)(F)S(=O)(=O)O)c(COC)c1O. The summed E-state index contributed by atoms with van der Waals surface area (Å²) in [6, 6.07) is 0.926. The van der Waals surface area contributed by atoms with E-state index in [2.05, 4.69) is 4.18 Å². The van der Waals surface area contributed by atoms with Gasteiger partial charge in [0, 0.05) is 32.5 Å². The van der Waals surface area contributed by atoms with E-state index in [0.29, 0.717) is 0 Å². The van der Waals surface area contributed by atoms with Crippen LogP contribution in [0, 0.1) is 0 Å². The highest BCUT2D eigenvalue weighted by molar-refractivity contribution is 7.88. The van der Waals surface area contributed by atoms with Crippen molar-refractivity contribution in [2.75, 3.05) is 21.3 Å². The fourth-order valence-corrected chi connectivity index (χ4v) is 3.89. The summed E-state index contributed by atoms with van der Waals surface area (Å²) in [5.41, 5.74) is -1.21. The van der Waals surface area contributed by atoms with E-state index in [-0.39, 0.29) is 12.2 Å². The number of phenols is 1. The zero-order valence-electron chi connectivity index (χ0n) is 16.9. The Bertz CT molecular complexity index is 1070. The maximum Gasteiger partial charge on any atom is 0.450 e. The Morgan fingerprint density at radius 1 is 0.818 bits per heavy atom. The smallest absolute Gasteiger partial charge is 0.450 e. The van der Waals surface area contributed by atoms with Gasteiger partial charge in [-0.2, -0.15) is 43.2 Å². The van der Waals surface area contributed by atoms with Crippen LogP contribution < -0.4 is 4.18 Å². The normalized spacial score (nSPS) is 13.9. The van der Waals surface area contributed by atoms with Crippen molar-refractivity contribution in [3.8, 4) is 11.5 Å². The number of methoxy groups -OCH3 is 3. The fraction of sp³-hybridized carbons (Fsp3) is 0.600. The molecule has 0 saturated heterocycles. The standard InChI is InChI=1S/C15H18F6O10S2/c1-28-5-8-4-9(6-29-2)12(10(7-30-3)11(8)22)31-33(26,27)15(20,21)13(16,17)14(18,19)32(23,24)25/h4,22H,5-7H2,1-3H3,(H,23,24,25). The quantitative estimate of drug-likeness (QED) is 0.232. The molecule has 0 atom stereocenters. The maximum atomic E-state index is 14.2. The van der Waals surface area contributed by atoms with E-state index in [1.54, 1.807) is 0 Å². The van der Waals surface area contributed by atoms with Gasteiger partial charge in [0.15, 0.2) is 5.75 Å². The van der Waals surface area contributed by atoms with E-state index < -0.39 is 72.5 Å². The van der Waals surface area contributed by atoms with Crippen LogP contribution in [0.5, 0.6) is 11.5 Å². The summed E-state index contributed by atoms with van der Waals surface area (Å²) in [4.78, 5) is 0. The number of rotatable bonds is 12. The Labute approximate surface area is 183 Å². The molecular formula is C15H18F6O10S2. The largest absolute Gasteiger partial charge is 0.507 e. The molecule has 0 aromatic heterocycles. The fourth-order valence-electron chi connectivity index (χ4n) is 2.40. The molecule has 0 saturated carbocycles. The molecule has 0 unspecified atom stereocenters. The Hall–Kier alpha value is -1.86. The van der Waals surface area contributed by atoms with Crippen LogP contribution in [-0.2, 0) is 54.3 Å². The lowest BCUT2D eigenvalue weighted by Crippen LogP contribution is -2.61. The van der Waals surface area contributed by atoms with Crippen LogP contribution in [0.3, 0.4) is 0 Å². The molecule has 0 bridgehead atoms. The van der Waals surface area contributed by atoms with Crippen molar-refractivity contribution in [3.63, 3.8) is 0 Å². The first-order valence-corrected chi connectivity index (χ1v) is 11.1. The zero-order valence-corrected chi connectivity index (χ0v) is 18.6. The summed E-state index contributed by atoms with van der Waals surface area (Å²) >= 11 is 0. The average molecular weight is 536 g/mol. The van der Waals surface area contributed by atoms with Gasteiger partial charge >= 0.3 is 36.7 Å². The van der Waals surface area contributed by atoms with Crippen LogP contribution in [0.1, 0.15) is 16.7 Å².